The van der Waals surface area contributed by atoms with Crippen LogP contribution in [0.4, 0.5) is 0 Å². The smallest absolute Gasteiger partial charge is 0.320 e. The Morgan fingerprint density at radius 1 is 1.70 bits per heavy atom. The quantitative estimate of drug-likeness (QED) is 0.644. The maximum Gasteiger partial charge on any atom is 0.320 e. The molecule has 2 atom stereocenters. The van der Waals surface area contributed by atoms with Gasteiger partial charge in [0.05, 0.1) is 0 Å². The summed E-state index contributed by atoms with van der Waals surface area (Å²) in [7, 11) is 0. The molecule has 0 radical (unpaired) electrons. The van der Waals surface area contributed by atoms with Crippen molar-refractivity contribution in [3.63, 3.8) is 0 Å². The molecule has 4 heteroatoms. The zero-order valence-corrected chi connectivity index (χ0v) is 9.47. The Balaban J connectivity index is 0. The van der Waals surface area contributed by atoms with E-state index in [4.69, 9.17) is 10.8 Å². The molecule has 0 saturated carbocycles. The molecule has 0 saturated heterocycles. The zero-order chi connectivity index (χ0) is 7.44. The third-order valence-electron chi connectivity index (χ3n) is 1.54. The van der Waals surface area contributed by atoms with E-state index in [2.05, 4.69) is 0 Å². The minimum absolute atomic E-state index is 0. The summed E-state index contributed by atoms with van der Waals surface area (Å²) in [6.07, 6.45) is 0.813. The van der Waals surface area contributed by atoms with Crippen LogP contribution >= 0.6 is 0 Å². The van der Waals surface area contributed by atoms with E-state index >= 15 is 0 Å². The summed E-state index contributed by atoms with van der Waals surface area (Å²) in [5.74, 6) is -0.841. The number of aliphatic carboxylic acids is 1. The van der Waals surface area contributed by atoms with Gasteiger partial charge in [-0.3, -0.25) is 4.79 Å². The van der Waals surface area contributed by atoms with Gasteiger partial charge in [0.15, 0.2) is 0 Å². The number of rotatable bonds is 3. The van der Waals surface area contributed by atoms with Crippen molar-refractivity contribution in [1.82, 2.24) is 0 Å². The van der Waals surface area contributed by atoms with Crippen molar-refractivity contribution >= 4 is 5.97 Å². The van der Waals surface area contributed by atoms with Gasteiger partial charge in [-0.1, -0.05) is 20.3 Å². The maximum absolute atomic E-state index is 10.2. The first kappa shape index (κ1) is 12.7. The van der Waals surface area contributed by atoms with Crippen molar-refractivity contribution in [3.05, 3.63) is 0 Å². The first-order valence-corrected chi connectivity index (χ1v) is 3.08. The minimum atomic E-state index is -0.913. The van der Waals surface area contributed by atoms with E-state index in [0.29, 0.717) is 0 Å². The van der Waals surface area contributed by atoms with Crippen LogP contribution < -0.4 is 5.73 Å². The maximum atomic E-state index is 10.2. The fraction of sp³-hybridized carbons (Fsp3) is 0.833. The molecule has 10 heavy (non-hydrogen) atoms. The molecular weight excluding hydrogens is 183 g/mol. The minimum Gasteiger partial charge on any atom is -0.480 e. The molecule has 0 aliphatic carbocycles. The van der Waals surface area contributed by atoms with Gasteiger partial charge in [0, 0.05) is 19.5 Å². The molecule has 0 heterocycles. The molecule has 0 aromatic heterocycles. The van der Waals surface area contributed by atoms with Gasteiger partial charge in [-0.05, 0) is 5.92 Å². The molecule has 0 bridgehead atoms. The van der Waals surface area contributed by atoms with Crippen LogP contribution in [0.25, 0.3) is 0 Å². The number of carboxylic acids is 1. The van der Waals surface area contributed by atoms with Crippen LogP contribution in [0.5, 0.6) is 0 Å². The van der Waals surface area contributed by atoms with Crippen LogP contribution in [-0.2, 0) is 24.3 Å². The summed E-state index contributed by atoms with van der Waals surface area (Å²) in [6.45, 7) is 3.76. The Kier molecular flexibility index (Phi) is 7.38. The normalized spacial score (nSPS) is 15.1. The van der Waals surface area contributed by atoms with Crippen molar-refractivity contribution in [2.75, 3.05) is 0 Å². The Labute approximate surface area is 73.7 Å². The zero-order valence-electron chi connectivity index (χ0n) is 6.50. The van der Waals surface area contributed by atoms with E-state index in [0.717, 1.165) is 6.42 Å². The average molecular weight is 197 g/mol. The molecule has 0 aliphatic rings. The molecule has 0 amide bonds. The number of hydrogen-bond donors (Lipinski definition) is 2. The predicted octanol–water partition coefficient (Wildman–Crippen LogP) is 0.442. The SMILES string of the molecule is CC[C@H](C)[C@H](N)C(=O)O.[Zn]. The Morgan fingerprint density at radius 2 is 2.10 bits per heavy atom. The van der Waals surface area contributed by atoms with Crippen molar-refractivity contribution in [2.45, 2.75) is 26.3 Å². The van der Waals surface area contributed by atoms with Crippen molar-refractivity contribution < 1.29 is 29.4 Å². The number of nitrogens with two attached hydrogens (primary N) is 1. The van der Waals surface area contributed by atoms with Gasteiger partial charge in [-0.15, -0.1) is 0 Å². The molecule has 3 nitrogen and oxygen atoms in total. The molecule has 56 valence electrons. The van der Waals surface area contributed by atoms with Gasteiger partial charge in [0.25, 0.3) is 0 Å². The monoisotopic (exact) mass is 195 g/mol. The Hall–Kier alpha value is 0.0534. The first-order chi connectivity index (χ1) is 4.09. The largest absolute Gasteiger partial charge is 0.480 e. The molecule has 0 aliphatic heterocycles. The molecule has 0 spiro atoms. The van der Waals surface area contributed by atoms with Crippen LogP contribution in [0, 0.1) is 5.92 Å². The molecule has 0 aromatic rings. The average Bonchev–Trinajstić information content (AvgIpc) is 1.84. The molecule has 3 N–H and O–H groups in total. The van der Waals surface area contributed by atoms with Crippen LogP contribution in [0.3, 0.4) is 0 Å². The second-order valence-corrected chi connectivity index (χ2v) is 2.25. The van der Waals surface area contributed by atoms with E-state index in [1.54, 1.807) is 0 Å². The van der Waals surface area contributed by atoms with Crippen LogP contribution in [0.2, 0.25) is 0 Å². The predicted molar refractivity (Wildman–Crippen MR) is 35.1 cm³/mol. The van der Waals surface area contributed by atoms with Gasteiger partial charge in [0.1, 0.15) is 6.04 Å². The van der Waals surface area contributed by atoms with Crippen molar-refractivity contribution in [2.24, 2.45) is 11.7 Å². The van der Waals surface area contributed by atoms with Crippen molar-refractivity contribution in [1.29, 1.82) is 0 Å². The van der Waals surface area contributed by atoms with E-state index < -0.39 is 12.0 Å². The Bertz CT molecular complexity index is 108. The van der Waals surface area contributed by atoms with Gasteiger partial charge in [0.2, 0.25) is 0 Å². The van der Waals surface area contributed by atoms with Crippen LogP contribution in [0.1, 0.15) is 20.3 Å². The van der Waals surface area contributed by atoms with E-state index in [-0.39, 0.29) is 25.4 Å². The summed E-state index contributed by atoms with van der Waals surface area (Å²) in [6, 6.07) is -0.699. The van der Waals surface area contributed by atoms with Crippen molar-refractivity contribution in [3.8, 4) is 0 Å². The summed E-state index contributed by atoms with van der Waals surface area (Å²) < 4.78 is 0. The van der Waals surface area contributed by atoms with E-state index in [9.17, 15) is 4.79 Å². The number of hydrogen-bond acceptors (Lipinski definition) is 2. The first-order valence-electron chi connectivity index (χ1n) is 3.08. The third-order valence-corrected chi connectivity index (χ3v) is 1.54. The second kappa shape index (κ2) is 5.81. The van der Waals surface area contributed by atoms with Gasteiger partial charge in [-0.25, -0.2) is 0 Å². The number of carboxylic acid groups (broad SMARTS) is 1. The van der Waals surface area contributed by atoms with Gasteiger partial charge < -0.3 is 10.8 Å². The summed E-state index contributed by atoms with van der Waals surface area (Å²) in [5.41, 5.74) is 5.27. The van der Waals surface area contributed by atoms with Crippen LogP contribution in [0.15, 0.2) is 0 Å². The topological polar surface area (TPSA) is 63.3 Å². The fourth-order valence-corrected chi connectivity index (χ4v) is 0.497. The molecule has 0 rings (SSSR count). The van der Waals surface area contributed by atoms with Gasteiger partial charge >= 0.3 is 5.97 Å². The second-order valence-electron chi connectivity index (χ2n) is 2.25. The molecule has 0 aromatic carbocycles. The summed E-state index contributed by atoms with van der Waals surface area (Å²) in [4.78, 5) is 10.2. The van der Waals surface area contributed by atoms with E-state index in [1.807, 2.05) is 13.8 Å². The number of carbonyl (C=O) groups is 1. The molecule has 0 unspecified atom stereocenters. The van der Waals surface area contributed by atoms with E-state index in [1.165, 1.54) is 0 Å². The standard InChI is InChI=1S/C6H13NO2.Zn/c1-3-4(2)5(7)6(8)9;/h4-5H,3,7H2,1-2H3,(H,8,9);/t4-,5-;/m0./s1. The fourth-order valence-electron chi connectivity index (χ4n) is 0.497. The molecule has 0 fully saturated rings. The summed E-state index contributed by atoms with van der Waals surface area (Å²) in [5, 5.41) is 8.36. The third kappa shape index (κ3) is 3.96. The molecular formula is C6H13NO2Zn. The van der Waals surface area contributed by atoms with Crippen LogP contribution in [-0.4, -0.2) is 17.1 Å². The van der Waals surface area contributed by atoms with Gasteiger partial charge in [-0.2, -0.15) is 0 Å². The Morgan fingerprint density at radius 3 is 2.20 bits per heavy atom. The summed E-state index contributed by atoms with van der Waals surface area (Å²) >= 11 is 0.